The van der Waals surface area contributed by atoms with Gasteiger partial charge in [0.05, 0.1) is 10.1 Å². The van der Waals surface area contributed by atoms with Crippen molar-refractivity contribution in [2.45, 2.75) is 18.7 Å². The number of carbonyl (C=O) groups is 2. The molecule has 1 aromatic rings. The molecule has 0 saturated carbocycles. The Morgan fingerprint density at radius 2 is 2.10 bits per heavy atom. The molecule has 1 aromatic heterocycles. The maximum absolute atomic E-state index is 11.8. The summed E-state index contributed by atoms with van der Waals surface area (Å²) in [5.41, 5.74) is 0. The lowest BCUT2D eigenvalue weighted by molar-refractivity contribution is -0.133. The Bertz CT molecular complexity index is 517. The van der Waals surface area contributed by atoms with Crippen LogP contribution in [-0.4, -0.2) is 46.8 Å². The standard InChI is InChI=1S/C12H17ClN2O3S2/c1-8(12(17)15(2)3)14-11(16)7-20(18)6-9-4-5-10(13)19-9/h4-5,8H,6-7H2,1-3H3,(H,14,16)/t8-,20+/m1/s1. The Morgan fingerprint density at radius 1 is 1.45 bits per heavy atom. The fourth-order valence-electron chi connectivity index (χ4n) is 1.52. The lowest BCUT2D eigenvalue weighted by Crippen LogP contribution is -2.45. The summed E-state index contributed by atoms with van der Waals surface area (Å²) in [4.78, 5) is 25.5. The fourth-order valence-corrected chi connectivity index (χ4v) is 3.92. The van der Waals surface area contributed by atoms with Crippen molar-refractivity contribution in [3.8, 4) is 0 Å². The highest BCUT2D eigenvalue weighted by Crippen LogP contribution is 2.22. The minimum absolute atomic E-state index is 0.124. The molecule has 0 aliphatic rings. The van der Waals surface area contributed by atoms with E-state index in [1.54, 1.807) is 33.2 Å². The van der Waals surface area contributed by atoms with Gasteiger partial charge in [-0.05, 0) is 19.1 Å². The van der Waals surface area contributed by atoms with Crippen LogP contribution < -0.4 is 5.32 Å². The molecular weight excluding hydrogens is 320 g/mol. The number of thiophene rings is 1. The van der Waals surface area contributed by atoms with Crippen molar-refractivity contribution in [3.63, 3.8) is 0 Å². The van der Waals surface area contributed by atoms with Crippen LogP contribution in [0.4, 0.5) is 0 Å². The maximum atomic E-state index is 11.8. The first-order valence-corrected chi connectivity index (χ1v) is 8.57. The third-order valence-electron chi connectivity index (χ3n) is 2.41. The van der Waals surface area contributed by atoms with Crippen LogP contribution >= 0.6 is 22.9 Å². The molecule has 0 fully saturated rings. The Kier molecular flexibility index (Phi) is 6.64. The molecule has 112 valence electrons. The summed E-state index contributed by atoms with van der Waals surface area (Å²) in [6, 6.07) is 2.91. The van der Waals surface area contributed by atoms with Gasteiger partial charge in [-0.25, -0.2) is 0 Å². The van der Waals surface area contributed by atoms with Crippen molar-refractivity contribution in [1.82, 2.24) is 10.2 Å². The second-order valence-electron chi connectivity index (χ2n) is 4.46. The number of carbonyl (C=O) groups excluding carboxylic acids is 2. The van der Waals surface area contributed by atoms with Crippen molar-refractivity contribution >= 4 is 45.6 Å². The largest absolute Gasteiger partial charge is 0.347 e. The number of amides is 2. The minimum Gasteiger partial charge on any atom is -0.347 e. The van der Waals surface area contributed by atoms with E-state index in [0.717, 1.165) is 4.88 Å². The van der Waals surface area contributed by atoms with E-state index >= 15 is 0 Å². The van der Waals surface area contributed by atoms with Gasteiger partial charge in [0, 0.05) is 29.8 Å². The van der Waals surface area contributed by atoms with Gasteiger partial charge in [0.15, 0.2) is 0 Å². The zero-order valence-corrected chi connectivity index (χ0v) is 13.9. The summed E-state index contributed by atoms with van der Waals surface area (Å²) < 4.78 is 12.5. The highest BCUT2D eigenvalue weighted by atomic mass is 35.5. The monoisotopic (exact) mass is 336 g/mol. The second-order valence-corrected chi connectivity index (χ2v) is 7.71. The molecule has 0 spiro atoms. The smallest absolute Gasteiger partial charge is 0.244 e. The van der Waals surface area contributed by atoms with Gasteiger partial charge in [-0.3, -0.25) is 13.8 Å². The summed E-state index contributed by atoms with van der Waals surface area (Å²) in [5.74, 6) is -0.427. The Balaban J connectivity index is 2.42. The molecule has 5 nitrogen and oxygen atoms in total. The van der Waals surface area contributed by atoms with Gasteiger partial charge in [0.25, 0.3) is 0 Å². The molecule has 0 aliphatic carbocycles. The molecule has 20 heavy (non-hydrogen) atoms. The molecule has 1 rings (SSSR count). The first-order chi connectivity index (χ1) is 9.29. The topological polar surface area (TPSA) is 66.5 Å². The summed E-state index contributed by atoms with van der Waals surface area (Å²) in [6.07, 6.45) is 0. The van der Waals surface area contributed by atoms with Crippen molar-refractivity contribution in [2.24, 2.45) is 0 Å². The van der Waals surface area contributed by atoms with E-state index in [-0.39, 0.29) is 11.7 Å². The summed E-state index contributed by atoms with van der Waals surface area (Å²) in [6.45, 7) is 1.60. The zero-order valence-electron chi connectivity index (χ0n) is 11.5. The lowest BCUT2D eigenvalue weighted by atomic mass is 10.3. The first kappa shape index (κ1) is 17.1. The maximum Gasteiger partial charge on any atom is 0.244 e. The average molecular weight is 337 g/mol. The molecule has 0 aromatic carbocycles. The molecule has 1 N–H and O–H groups in total. The van der Waals surface area contributed by atoms with E-state index in [2.05, 4.69) is 5.32 Å². The van der Waals surface area contributed by atoms with Gasteiger partial charge >= 0.3 is 0 Å². The third-order valence-corrected chi connectivity index (χ3v) is 5.04. The van der Waals surface area contributed by atoms with Crippen LogP contribution in [0.25, 0.3) is 0 Å². The van der Waals surface area contributed by atoms with E-state index in [1.807, 2.05) is 0 Å². The predicted octanol–water partition coefficient (Wildman–Crippen LogP) is 1.24. The lowest BCUT2D eigenvalue weighted by Gasteiger charge is -2.17. The van der Waals surface area contributed by atoms with E-state index in [9.17, 15) is 13.8 Å². The SMILES string of the molecule is C[C@@H](NC(=O)C[S@@](=O)Cc1ccc(Cl)s1)C(=O)N(C)C. The van der Waals surface area contributed by atoms with Crippen LogP contribution in [-0.2, 0) is 26.1 Å². The van der Waals surface area contributed by atoms with E-state index in [0.29, 0.717) is 10.1 Å². The van der Waals surface area contributed by atoms with Crippen molar-refractivity contribution in [2.75, 3.05) is 19.8 Å². The molecule has 0 unspecified atom stereocenters. The van der Waals surface area contributed by atoms with Crippen LogP contribution in [0.1, 0.15) is 11.8 Å². The van der Waals surface area contributed by atoms with Gasteiger partial charge in [0.1, 0.15) is 11.8 Å². The Hall–Kier alpha value is -0.920. The van der Waals surface area contributed by atoms with Gasteiger partial charge in [-0.2, -0.15) is 0 Å². The van der Waals surface area contributed by atoms with Crippen molar-refractivity contribution in [3.05, 3.63) is 21.3 Å². The molecule has 8 heteroatoms. The molecule has 2 atom stereocenters. The van der Waals surface area contributed by atoms with Gasteiger partial charge < -0.3 is 10.2 Å². The normalized spacial score (nSPS) is 13.6. The average Bonchev–Trinajstić information content (AvgIpc) is 2.72. The van der Waals surface area contributed by atoms with Crippen molar-refractivity contribution in [1.29, 1.82) is 0 Å². The van der Waals surface area contributed by atoms with E-state index in [1.165, 1.54) is 16.2 Å². The molecule has 0 aliphatic heterocycles. The molecule has 0 saturated heterocycles. The molecule has 0 bridgehead atoms. The number of nitrogens with one attached hydrogen (secondary N) is 1. The van der Waals surface area contributed by atoms with Crippen LogP contribution in [0.15, 0.2) is 12.1 Å². The Labute approximate surface area is 129 Å². The predicted molar refractivity (Wildman–Crippen MR) is 82.3 cm³/mol. The molecular formula is C12H17ClN2O3S2. The number of rotatable bonds is 6. The van der Waals surface area contributed by atoms with Gasteiger partial charge in [-0.1, -0.05) is 11.6 Å². The van der Waals surface area contributed by atoms with E-state index in [4.69, 9.17) is 11.6 Å². The quantitative estimate of drug-likeness (QED) is 0.850. The van der Waals surface area contributed by atoms with Crippen LogP contribution in [0.2, 0.25) is 4.34 Å². The minimum atomic E-state index is -1.31. The molecule has 1 heterocycles. The number of hydrogen-bond donors (Lipinski definition) is 1. The second kappa shape index (κ2) is 7.75. The molecule has 0 radical (unpaired) electrons. The van der Waals surface area contributed by atoms with Crippen LogP contribution in [0.3, 0.4) is 0 Å². The fraction of sp³-hybridized carbons (Fsp3) is 0.500. The first-order valence-electron chi connectivity index (χ1n) is 5.89. The van der Waals surface area contributed by atoms with Gasteiger partial charge in [-0.15, -0.1) is 11.3 Å². The highest BCUT2D eigenvalue weighted by molar-refractivity contribution is 7.85. The Morgan fingerprint density at radius 3 is 2.60 bits per heavy atom. The number of halogens is 1. The summed E-state index contributed by atoms with van der Waals surface area (Å²) >= 11 is 7.13. The van der Waals surface area contributed by atoms with Crippen molar-refractivity contribution < 1.29 is 13.8 Å². The van der Waals surface area contributed by atoms with Crippen LogP contribution in [0.5, 0.6) is 0 Å². The number of likely N-dealkylation sites (N-methyl/N-ethyl adjacent to an activating group) is 1. The van der Waals surface area contributed by atoms with E-state index < -0.39 is 22.7 Å². The zero-order chi connectivity index (χ0) is 15.3. The molecule has 2 amide bonds. The number of hydrogen-bond acceptors (Lipinski definition) is 4. The van der Waals surface area contributed by atoms with Gasteiger partial charge in [0.2, 0.25) is 11.8 Å². The summed E-state index contributed by atoms with van der Waals surface area (Å²) in [5, 5.41) is 2.54. The number of nitrogens with zero attached hydrogens (tertiary/aromatic N) is 1. The van der Waals surface area contributed by atoms with Crippen LogP contribution in [0, 0.1) is 0 Å². The summed E-state index contributed by atoms with van der Waals surface area (Å²) in [7, 11) is 1.92. The highest BCUT2D eigenvalue weighted by Gasteiger charge is 2.18. The third kappa shape index (κ3) is 5.60.